The maximum Gasteiger partial charge on any atom is 0.303 e. The highest BCUT2D eigenvalue weighted by Crippen LogP contribution is 2.37. The highest BCUT2D eigenvalue weighted by Gasteiger charge is 2.24. The summed E-state index contributed by atoms with van der Waals surface area (Å²) in [5, 5.41) is 12.6. The summed E-state index contributed by atoms with van der Waals surface area (Å²) < 4.78 is 5.96. The van der Waals surface area contributed by atoms with Gasteiger partial charge in [-0.1, -0.05) is 44.2 Å². The van der Waals surface area contributed by atoms with Gasteiger partial charge in [-0.05, 0) is 79.0 Å². The zero-order valence-corrected chi connectivity index (χ0v) is 20.7. The summed E-state index contributed by atoms with van der Waals surface area (Å²) in [5.41, 5.74) is 6.96. The van der Waals surface area contributed by atoms with Gasteiger partial charge in [0.05, 0.1) is 18.7 Å². The van der Waals surface area contributed by atoms with Gasteiger partial charge in [0.15, 0.2) is 5.82 Å². The van der Waals surface area contributed by atoms with Crippen molar-refractivity contribution in [1.29, 1.82) is 0 Å². The topological polar surface area (TPSA) is 84.3 Å². The number of carboxylic acid groups (broad SMARTS) is 1. The van der Waals surface area contributed by atoms with Gasteiger partial charge < -0.3 is 15.2 Å². The minimum absolute atomic E-state index is 0.131. The Bertz CT molecular complexity index is 1140. The van der Waals surface area contributed by atoms with Gasteiger partial charge >= 0.3 is 5.97 Å². The van der Waals surface area contributed by atoms with E-state index in [9.17, 15) is 4.79 Å². The van der Waals surface area contributed by atoms with Gasteiger partial charge in [-0.3, -0.25) is 4.79 Å². The van der Waals surface area contributed by atoms with E-state index in [0.717, 1.165) is 61.5 Å². The second-order valence-corrected chi connectivity index (χ2v) is 9.14. The molecule has 0 radical (unpaired) electrons. The average Bonchev–Trinajstić information content (AvgIpc) is 3.27. The summed E-state index contributed by atoms with van der Waals surface area (Å²) in [6, 6.07) is 14.6. The number of carbonyl (C=O) groups is 1. The number of nitrogens with zero attached hydrogens (tertiary/aromatic N) is 2. The first-order valence-corrected chi connectivity index (χ1v) is 12.7. The SMILES string of the molecule is CCc1ccc(-c2ncc(CC)c(CNCCCOc3ccc4c(c3)CC[C@H]4CC(=O)O)n2)cc1. The van der Waals surface area contributed by atoms with Crippen LogP contribution in [0.5, 0.6) is 5.75 Å². The number of hydrogen-bond acceptors (Lipinski definition) is 5. The molecule has 4 rings (SSSR count). The van der Waals surface area contributed by atoms with E-state index in [0.29, 0.717) is 13.2 Å². The lowest BCUT2D eigenvalue weighted by Gasteiger charge is -2.12. The van der Waals surface area contributed by atoms with E-state index >= 15 is 0 Å². The van der Waals surface area contributed by atoms with Crippen LogP contribution < -0.4 is 10.1 Å². The van der Waals surface area contributed by atoms with E-state index in [-0.39, 0.29) is 12.3 Å². The van der Waals surface area contributed by atoms with Gasteiger partial charge in [0.25, 0.3) is 0 Å². The molecule has 184 valence electrons. The Morgan fingerprint density at radius 2 is 1.97 bits per heavy atom. The Morgan fingerprint density at radius 3 is 2.71 bits per heavy atom. The molecule has 35 heavy (non-hydrogen) atoms. The number of aryl methyl sites for hydroxylation is 3. The summed E-state index contributed by atoms with van der Waals surface area (Å²) in [5.74, 6) is 1.03. The summed E-state index contributed by atoms with van der Waals surface area (Å²) in [6.07, 6.45) is 6.80. The predicted octanol–water partition coefficient (Wildman–Crippen LogP) is 5.33. The molecule has 0 fully saturated rings. The molecule has 0 spiro atoms. The summed E-state index contributed by atoms with van der Waals surface area (Å²) in [4.78, 5) is 20.5. The quantitative estimate of drug-likeness (QED) is 0.346. The molecule has 0 unspecified atom stereocenters. The molecular formula is C29H35N3O3. The lowest BCUT2D eigenvalue weighted by Crippen LogP contribution is -2.19. The Morgan fingerprint density at radius 1 is 1.14 bits per heavy atom. The fourth-order valence-electron chi connectivity index (χ4n) is 4.71. The highest BCUT2D eigenvalue weighted by atomic mass is 16.5. The van der Waals surface area contributed by atoms with E-state index in [4.69, 9.17) is 14.8 Å². The third-order valence-corrected chi connectivity index (χ3v) is 6.75. The monoisotopic (exact) mass is 473 g/mol. The molecule has 3 aromatic rings. The number of aliphatic carboxylic acids is 1. The van der Waals surface area contributed by atoms with E-state index < -0.39 is 5.97 Å². The Kier molecular flexibility index (Phi) is 8.48. The van der Waals surface area contributed by atoms with Crippen LogP contribution in [0.3, 0.4) is 0 Å². The highest BCUT2D eigenvalue weighted by molar-refractivity contribution is 5.68. The van der Waals surface area contributed by atoms with Crippen molar-refractivity contribution in [3.8, 4) is 17.1 Å². The molecule has 0 aliphatic heterocycles. The first kappa shape index (κ1) is 24.9. The van der Waals surface area contributed by atoms with Crippen molar-refractivity contribution in [2.45, 2.75) is 64.8 Å². The lowest BCUT2D eigenvalue weighted by atomic mass is 9.98. The van der Waals surface area contributed by atoms with Gasteiger partial charge in [0.1, 0.15) is 5.75 Å². The molecule has 2 N–H and O–H groups in total. The average molecular weight is 474 g/mol. The number of benzene rings is 2. The third-order valence-electron chi connectivity index (χ3n) is 6.75. The van der Waals surface area contributed by atoms with Gasteiger partial charge in [-0.15, -0.1) is 0 Å². The van der Waals surface area contributed by atoms with Crippen LogP contribution in [-0.2, 0) is 30.6 Å². The van der Waals surface area contributed by atoms with Crippen molar-refractivity contribution in [1.82, 2.24) is 15.3 Å². The smallest absolute Gasteiger partial charge is 0.303 e. The maximum absolute atomic E-state index is 11.1. The van der Waals surface area contributed by atoms with Crippen molar-refractivity contribution in [2.24, 2.45) is 0 Å². The standard InChI is InChI=1S/C29H35N3O3/c1-3-20-6-8-22(9-7-20)29-31-18-21(4-2)27(32-29)19-30-14-5-15-35-25-12-13-26-23(16-25)10-11-24(26)17-28(33)34/h6-9,12-13,16,18,24,30H,3-5,10-11,14-15,17,19H2,1-2H3,(H,33,34)/t24-/m0/s1. The van der Waals surface area contributed by atoms with Crippen molar-refractivity contribution in [3.05, 3.63) is 76.6 Å². The lowest BCUT2D eigenvalue weighted by molar-refractivity contribution is -0.137. The number of aromatic nitrogens is 2. The van der Waals surface area contributed by atoms with Crippen LogP contribution in [0.4, 0.5) is 0 Å². The number of rotatable bonds is 12. The van der Waals surface area contributed by atoms with Gasteiger partial charge in [-0.2, -0.15) is 0 Å². The third kappa shape index (κ3) is 6.45. The molecule has 0 bridgehead atoms. The summed E-state index contributed by atoms with van der Waals surface area (Å²) in [6.45, 7) is 6.45. The maximum atomic E-state index is 11.1. The molecule has 6 heteroatoms. The van der Waals surface area contributed by atoms with Crippen LogP contribution >= 0.6 is 0 Å². The van der Waals surface area contributed by atoms with Gasteiger partial charge in [-0.25, -0.2) is 9.97 Å². The summed E-state index contributed by atoms with van der Waals surface area (Å²) in [7, 11) is 0. The van der Waals surface area contributed by atoms with E-state index in [1.54, 1.807) is 0 Å². The number of carboxylic acids is 1. The molecule has 2 aromatic carbocycles. The normalized spacial score (nSPS) is 14.6. The summed E-state index contributed by atoms with van der Waals surface area (Å²) >= 11 is 0. The zero-order valence-electron chi connectivity index (χ0n) is 20.7. The molecule has 1 heterocycles. The minimum atomic E-state index is -0.731. The number of fused-ring (bicyclic) bond motifs is 1. The molecule has 1 aliphatic carbocycles. The van der Waals surface area contributed by atoms with Crippen molar-refractivity contribution in [2.75, 3.05) is 13.2 Å². The van der Waals surface area contributed by atoms with Crippen LogP contribution in [0.2, 0.25) is 0 Å². The Labute approximate surface area is 207 Å². The van der Waals surface area contributed by atoms with E-state index in [1.165, 1.54) is 22.3 Å². The second kappa shape index (κ2) is 11.9. The van der Waals surface area contributed by atoms with Crippen LogP contribution in [0, 0.1) is 0 Å². The predicted molar refractivity (Wildman–Crippen MR) is 138 cm³/mol. The van der Waals surface area contributed by atoms with Crippen molar-refractivity contribution < 1.29 is 14.6 Å². The molecule has 0 saturated carbocycles. The molecule has 0 amide bonds. The van der Waals surface area contributed by atoms with Crippen LogP contribution in [-0.4, -0.2) is 34.2 Å². The van der Waals surface area contributed by atoms with E-state index in [1.807, 2.05) is 18.3 Å². The second-order valence-electron chi connectivity index (χ2n) is 9.14. The molecule has 1 aliphatic rings. The van der Waals surface area contributed by atoms with Gasteiger partial charge in [0, 0.05) is 18.3 Å². The molecular weight excluding hydrogens is 438 g/mol. The first-order valence-electron chi connectivity index (χ1n) is 12.7. The van der Waals surface area contributed by atoms with Crippen molar-refractivity contribution in [3.63, 3.8) is 0 Å². The number of hydrogen-bond donors (Lipinski definition) is 2. The fourth-order valence-corrected chi connectivity index (χ4v) is 4.71. The fraction of sp³-hybridized carbons (Fsp3) is 0.414. The van der Waals surface area contributed by atoms with E-state index in [2.05, 4.69) is 54.5 Å². The number of nitrogens with one attached hydrogen (secondary N) is 1. The largest absolute Gasteiger partial charge is 0.494 e. The molecule has 1 aromatic heterocycles. The Balaban J connectivity index is 1.25. The van der Waals surface area contributed by atoms with Crippen LogP contribution in [0.15, 0.2) is 48.7 Å². The van der Waals surface area contributed by atoms with Crippen molar-refractivity contribution >= 4 is 5.97 Å². The van der Waals surface area contributed by atoms with Crippen LogP contribution in [0.1, 0.15) is 67.0 Å². The number of ether oxygens (including phenoxy) is 1. The zero-order chi connectivity index (χ0) is 24.6. The Hall–Kier alpha value is -3.25. The van der Waals surface area contributed by atoms with Gasteiger partial charge in [0.2, 0.25) is 0 Å². The minimum Gasteiger partial charge on any atom is -0.494 e. The molecule has 1 atom stereocenters. The molecule has 6 nitrogen and oxygen atoms in total. The van der Waals surface area contributed by atoms with Crippen LogP contribution in [0.25, 0.3) is 11.4 Å². The molecule has 0 saturated heterocycles. The first-order chi connectivity index (χ1) is 17.1.